The van der Waals surface area contributed by atoms with Crippen LogP contribution < -0.4 is 11.3 Å². The normalized spacial score (nSPS) is 12.4. The monoisotopic (exact) mass is 325 g/mol. The Morgan fingerprint density at radius 1 is 1.28 bits per heavy atom. The first-order chi connectivity index (χ1) is 8.72. The molecule has 3 N–H and O–H groups in total. The molecule has 1 aromatic carbocycles. The van der Waals surface area contributed by atoms with Crippen LogP contribution in [0.2, 0.25) is 5.02 Å². The molecule has 1 heterocycles. The zero-order valence-corrected chi connectivity index (χ0v) is 11.9. The van der Waals surface area contributed by atoms with Crippen LogP contribution in [0.5, 0.6) is 0 Å². The second kappa shape index (κ2) is 6.29. The molecule has 1 unspecified atom stereocenters. The van der Waals surface area contributed by atoms with Gasteiger partial charge in [0, 0.05) is 15.7 Å². The maximum absolute atomic E-state index is 6.15. The number of hydrogen-bond donors (Lipinski definition) is 2. The van der Waals surface area contributed by atoms with Gasteiger partial charge in [0.2, 0.25) is 0 Å². The quantitative estimate of drug-likeness (QED) is 0.670. The number of nitrogens with one attached hydrogen (secondary N) is 1. The maximum atomic E-state index is 6.15. The summed E-state index contributed by atoms with van der Waals surface area (Å²) in [5.74, 6) is 5.62. The fourth-order valence-corrected chi connectivity index (χ4v) is 2.52. The average Bonchev–Trinajstić information content (AvgIpc) is 2.39. The van der Waals surface area contributed by atoms with Crippen LogP contribution in [-0.2, 0) is 6.42 Å². The number of pyridine rings is 1. The van der Waals surface area contributed by atoms with Crippen LogP contribution in [0.1, 0.15) is 17.3 Å². The van der Waals surface area contributed by atoms with E-state index in [1.165, 1.54) is 0 Å². The van der Waals surface area contributed by atoms with E-state index in [9.17, 15) is 0 Å². The Bertz CT molecular complexity index is 533. The van der Waals surface area contributed by atoms with Gasteiger partial charge in [0.05, 0.1) is 11.7 Å². The summed E-state index contributed by atoms with van der Waals surface area (Å²) >= 11 is 9.63. The topological polar surface area (TPSA) is 50.9 Å². The molecular weight excluding hydrogens is 314 g/mol. The van der Waals surface area contributed by atoms with E-state index in [1.54, 1.807) is 6.20 Å². The summed E-state index contributed by atoms with van der Waals surface area (Å²) in [7, 11) is 0. The van der Waals surface area contributed by atoms with Crippen LogP contribution >= 0.6 is 27.5 Å². The van der Waals surface area contributed by atoms with Gasteiger partial charge in [0.15, 0.2) is 0 Å². The molecule has 0 bridgehead atoms. The van der Waals surface area contributed by atoms with Gasteiger partial charge in [0.1, 0.15) is 0 Å². The first kappa shape index (κ1) is 13.5. The Morgan fingerprint density at radius 3 is 2.72 bits per heavy atom. The van der Waals surface area contributed by atoms with Gasteiger partial charge in [-0.15, -0.1) is 0 Å². The largest absolute Gasteiger partial charge is 0.271 e. The molecule has 0 aliphatic carbocycles. The molecule has 0 spiro atoms. The van der Waals surface area contributed by atoms with E-state index in [-0.39, 0.29) is 6.04 Å². The fraction of sp³-hybridized carbons (Fsp3) is 0.154. The van der Waals surface area contributed by atoms with Crippen LogP contribution in [0.25, 0.3) is 0 Å². The minimum absolute atomic E-state index is 0.0829. The van der Waals surface area contributed by atoms with Crippen molar-refractivity contribution in [2.75, 3.05) is 0 Å². The fourth-order valence-electron chi connectivity index (χ4n) is 1.77. The van der Waals surface area contributed by atoms with Crippen molar-refractivity contribution in [3.63, 3.8) is 0 Å². The van der Waals surface area contributed by atoms with Crippen molar-refractivity contribution in [3.05, 3.63) is 63.3 Å². The predicted octanol–water partition coefficient (Wildman–Crippen LogP) is 3.24. The van der Waals surface area contributed by atoms with Gasteiger partial charge in [-0.1, -0.05) is 29.8 Å². The first-order valence-corrected chi connectivity index (χ1v) is 6.69. The second-order valence-electron chi connectivity index (χ2n) is 3.89. The lowest BCUT2D eigenvalue weighted by Crippen LogP contribution is -2.30. The van der Waals surface area contributed by atoms with Gasteiger partial charge in [-0.25, -0.2) is 0 Å². The van der Waals surface area contributed by atoms with Crippen LogP contribution in [0.3, 0.4) is 0 Å². The van der Waals surface area contributed by atoms with Gasteiger partial charge in [-0.2, -0.15) is 0 Å². The third-order valence-electron chi connectivity index (χ3n) is 2.70. The van der Waals surface area contributed by atoms with Crippen LogP contribution in [0, 0.1) is 0 Å². The van der Waals surface area contributed by atoms with Crippen molar-refractivity contribution >= 4 is 27.5 Å². The molecule has 0 fully saturated rings. The van der Waals surface area contributed by atoms with Crippen molar-refractivity contribution < 1.29 is 0 Å². The molecule has 94 valence electrons. The molecular formula is C13H13BrClN3. The van der Waals surface area contributed by atoms with E-state index in [1.807, 2.05) is 36.4 Å². The maximum Gasteiger partial charge on any atom is 0.0731 e. The summed E-state index contributed by atoms with van der Waals surface area (Å²) < 4.78 is 0.931. The van der Waals surface area contributed by atoms with E-state index >= 15 is 0 Å². The van der Waals surface area contributed by atoms with Crippen molar-refractivity contribution in [2.24, 2.45) is 5.84 Å². The Labute approximate surface area is 119 Å². The highest BCUT2D eigenvalue weighted by Gasteiger charge is 2.16. The molecule has 0 saturated carbocycles. The van der Waals surface area contributed by atoms with Gasteiger partial charge in [-0.05, 0) is 46.1 Å². The number of hydrogen-bond acceptors (Lipinski definition) is 3. The van der Waals surface area contributed by atoms with E-state index in [4.69, 9.17) is 17.4 Å². The van der Waals surface area contributed by atoms with E-state index in [2.05, 4.69) is 26.3 Å². The molecule has 0 aliphatic heterocycles. The number of nitrogens with two attached hydrogens (primary N) is 1. The summed E-state index contributed by atoms with van der Waals surface area (Å²) in [5.41, 5.74) is 4.70. The minimum Gasteiger partial charge on any atom is -0.271 e. The predicted molar refractivity (Wildman–Crippen MR) is 77.2 cm³/mol. The number of halogens is 2. The number of benzene rings is 1. The van der Waals surface area contributed by atoms with Gasteiger partial charge in [-0.3, -0.25) is 16.3 Å². The number of nitrogens with zero attached hydrogens (tertiary/aromatic N) is 1. The van der Waals surface area contributed by atoms with Crippen molar-refractivity contribution in [2.45, 2.75) is 12.5 Å². The average molecular weight is 327 g/mol. The Balaban J connectivity index is 2.26. The molecule has 0 saturated heterocycles. The van der Waals surface area contributed by atoms with Crippen LogP contribution in [0.4, 0.5) is 0 Å². The van der Waals surface area contributed by atoms with Crippen LogP contribution in [-0.4, -0.2) is 4.98 Å². The highest BCUT2D eigenvalue weighted by Crippen LogP contribution is 2.26. The number of rotatable bonds is 4. The summed E-state index contributed by atoms with van der Waals surface area (Å²) in [6, 6.07) is 11.5. The summed E-state index contributed by atoms with van der Waals surface area (Å²) in [5, 5.41) is 0.741. The third kappa shape index (κ3) is 3.09. The molecule has 2 aromatic rings. The van der Waals surface area contributed by atoms with Gasteiger partial charge >= 0.3 is 0 Å². The third-order valence-corrected chi connectivity index (χ3v) is 3.74. The lowest BCUT2D eigenvalue weighted by molar-refractivity contribution is 0.536. The zero-order chi connectivity index (χ0) is 13.0. The van der Waals surface area contributed by atoms with E-state index in [0.717, 1.165) is 20.8 Å². The highest BCUT2D eigenvalue weighted by atomic mass is 79.9. The Morgan fingerprint density at radius 2 is 2.06 bits per heavy atom. The SMILES string of the molecule is NNC(Cc1ccccc1Cl)c1ncccc1Br. The van der Waals surface area contributed by atoms with Gasteiger partial charge < -0.3 is 0 Å². The smallest absolute Gasteiger partial charge is 0.0731 e. The second-order valence-corrected chi connectivity index (χ2v) is 5.15. The van der Waals surface area contributed by atoms with Crippen molar-refractivity contribution in [3.8, 4) is 0 Å². The number of aromatic nitrogens is 1. The molecule has 0 amide bonds. The van der Waals surface area contributed by atoms with Crippen molar-refractivity contribution in [1.29, 1.82) is 0 Å². The molecule has 0 radical (unpaired) electrons. The molecule has 2 rings (SSSR count). The molecule has 18 heavy (non-hydrogen) atoms. The van der Waals surface area contributed by atoms with E-state index < -0.39 is 0 Å². The molecule has 1 aromatic heterocycles. The molecule has 3 nitrogen and oxygen atoms in total. The Kier molecular flexibility index (Phi) is 4.72. The van der Waals surface area contributed by atoms with Crippen molar-refractivity contribution in [1.82, 2.24) is 10.4 Å². The zero-order valence-electron chi connectivity index (χ0n) is 9.61. The standard InChI is InChI=1S/C13H13BrClN3/c14-10-5-3-7-17-13(10)12(18-16)8-9-4-1-2-6-11(9)15/h1-7,12,18H,8,16H2. The summed E-state index contributed by atoms with van der Waals surface area (Å²) in [4.78, 5) is 4.34. The minimum atomic E-state index is -0.0829. The lowest BCUT2D eigenvalue weighted by Gasteiger charge is -2.17. The first-order valence-electron chi connectivity index (χ1n) is 5.52. The highest BCUT2D eigenvalue weighted by molar-refractivity contribution is 9.10. The summed E-state index contributed by atoms with van der Waals surface area (Å²) in [6.07, 6.45) is 2.43. The lowest BCUT2D eigenvalue weighted by atomic mass is 10.0. The number of hydrazine groups is 1. The molecule has 5 heteroatoms. The molecule has 0 aliphatic rings. The molecule has 1 atom stereocenters. The Hall–Kier alpha value is -0.940. The summed E-state index contributed by atoms with van der Waals surface area (Å²) in [6.45, 7) is 0. The van der Waals surface area contributed by atoms with Crippen LogP contribution in [0.15, 0.2) is 47.1 Å². The van der Waals surface area contributed by atoms with E-state index in [0.29, 0.717) is 6.42 Å². The van der Waals surface area contributed by atoms with Gasteiger partial charge in [0.25, 0.3) is 0 Å².